The summed E-state index contributed by atoms with van der Waals surface area (Å²) in [5, 5.41) is 11.8. The van der Waals surface area contributed by atoms with E-state index < -0.39 is 5.91 Å². The summed E-state index contributed by atoms with van der Waals surface area (Å²) in [6.07, 6.45) is 1.44. The third kappa shape index (κ3) is 5.81. The van der Waals surface area contributed by atoms with Crippen LogP contribution in [0.4, 0.5) is 34.5 Å². The van der Waals surface area contributed by atoms with Crippen LogP contribution in [0.3, 0.4) is 0 Å². The molecule has 2 amide bonds. The number of carbonyl (C=O) groups is 2. The molecule has 0 atom stereocenters. The lowest BCUT2D eigenvalue weighted by atomic mass is 10.1. The molecule has 0 aliphatic carbocycles. The largest absolute Gasteiger partial charge is 0.496 e. The number of hydrogen-bond donors (Lipinski definition) is 5. The summed E-state index contributed by atoms with van der Waals surface area (Å²) in [6, 6.07) is 17.8. The fourth-order valence-electron chi connectivity index (χ4n) is 3.70. The van der Waals surface area contributed by atoms with E-state index in [4.69, 9.17) is 10.5 Å². The van der Waals surface area contributed by atoms with Crippen molar-refractivity contribution in [1.82, 2.24) is 9.97 Å². The van der Waals surface area contributed by atoms with Gasteiger partial charge in [-0.2, -0.15) is 4.98 Å². The fourth-order valence-corrected chi connectivity index (χ4v) is 3.70. The molecule has 0 radical (unpaired) electrons. The fraction of sp³-hybridized carbons (Fsp3) is 0.143. The van der Waals surface area contributed by atoms with Crippen molar-refractivity contribution in [1.29, 1.82) is 0 Å². The number of rotatable bonds is 8. The molecule has 6 N–H and O–H groups in total. The second-order valence-corrected chi connectivity index (χ2v) is 8.54. The predicted octanol–water partition coefficient (Wildman–Crippen LogP) is 4.97. The van der Waals surface area contributed by atoms with Crippen molar-refractivity contribution < 1.29 is 14.3 Å². The summed E-state index contributed by atoms with van der Waals surface area (Å²) >= 11 is 0. The van der Waals surface area contributed by atoms with Crippen LogP contribution < -0.4 is 31.7 Å². The molecule has 0 saturated heterocycles. The quantitative estimate of drug-likeness (QED) is 0.209. The Bertz CT molecular complexity index is 1500. The Hall–Kier alpha value is -5.12. The minimum atomic E-state index is -0.406. The molecule has 1 heterocycles. The highest BCUT2D eigenvalue weighted by Gasteiger charge is 2.17. The highest BCUT2D eigenvalue weighted by atomic mass is 16.5. The van der Waals surface area contributed by atoms with Gasteiger partial charge in [0.15, 0.2) is 0 Å². The number of aromatic nitrogens is 2. The first-order chi connectivity index (χ1) is 18.3. The van der Waals surface area contributed by atoms with Gasteiger partial charge in [-0.15, -0.1) is 0 Å². The first-order valence-electron chi connectivity index (χ1n) is 11.8. The number of benzene rings is 3. The van der Waals surface area contributed by atoms with Crippen molar-refractivity contribution in [3.05, 3.63) is 89.1 Å². The normalized spacial score (nSPS) is 10.4. The van der Waals surface area contributed by atoms with Crippen molar-refractivity contribution in [2.24, 2.45) is 0 Å². The lowest BCUT2D eigenvalue weighted by Crippen LogP contribution is -2.17. The van der Waals surface area contributed by atoms with Gasteiger partial charge in [-0.1, -0.05) is 24.3 Å². The standard InChI is InChI=1S/C28H29N7O3/c1-16-9-11-18(13-22(16)29)33-28-31-15-21(25(30-3)35-28)27(37)34-23-14-19(12-10-17(23)2)32-26(36)20-7-5-6-8-24(20)38-4/h5-15H,29H2,1-4H3,(H,32,36)(H,34,37)(H2,30,31,33,35). The molecule has 4 rings (SSSR count). The zero-order valence-electron chi connectivity index (χ0n) is 21.5. The molecule has 0 aliphatic rings. The Morgan fingerprint density at radius 1 is 0.868 bits per heavy atom. The number of methoxy groups -OCH3 is 1. The predicted molar refractivity (Wildman–Crippen MR) is 151 cm³/mol. The van der Waals surface area contributed by atoms with E-state index in [0.717, 1.165) is 16.8 Å². The lowest BCUT2D eigenvalue weighted by molar-refractivity contribution is 0.101. The van der Waals surface area contributed by atoms with Crippen LogP contribution in [0.1, 0.15) is 31.8 Å². The van der Waals surface area contributed by atoms with Gasteiger partial charge in [-0.05, 0) is 61.4 Å². The molecule has 0 bridgehead atoms. The summed E-state index contributed by atoms with van der Waals surface area (Å²) in [4.78, 5) is 34.7. The molecule has 194 valence electrons. The summed E-state index contributed by atoms with van der Waals surface area (Å²) in [5.41, 5.74) is 10.9. The molecular weight excluding hydrogens is 482 g/mol. The molecule has 3 aromatic carbocycles. The molecule has 0 unspecified atom stereocenters. The van der Waals surface area contributed by atoms with Crippen molar-refractivity contribution in [3.63, 3.8) is 0 Å². The maximum Gasteiger partial charge on any atom is 0.261 e. The molecule has 38 heavy (non-hydrogen) atoms. The lowest BCUT2D eigenvalue weighted by Gasteiger charge is -2.14. The minimum Gasteiger partial charge on any atom is -0.496 e. The van der Waals surface area contributed by atoms with Crippen LogP contribution in [0.5, 0.6) is 5.75 Å². The van der Waals surface area contributed by atoms with E-state index in [1.54, 1.807) is 49.5 Å². The Kier molecular flexibility index (Phi) is 7.72. The molecule has 10 heteroatoms. The van der Waals surface area contributed by atoms with Gasteiger partial charge in [0.05, 0.1) is 12.7 Å². The molecule has 10 nitrogen and oxygen atoms in total. The number of anilines is 6. The van der Waals surface area contributed by atoms with Crippen molar-refractivity contribution >= 4 is 46.3 Å². The monoisotopic (exact) mass is 511 g/mol. The molecule has 0 fully saturated rings. The smallest absolute Gasteiger partial charge is 0.261 e. The van der Waals surface area contributed by atoms with Crippen molar-refractivity contribution in [2.75, 3.05) is 41.2 Å². The number of nitrogens with zero attached hydrogens (tertiary/aromatic N) is 2. The maximum atomic E-state index is 13.2. The second kappa shape index (κ2) is 11.3. The third-order valence-electron chi connectivity index (χ3n) is 5.90. The van der Waals surface area contributed by atoms with E-state index in [-0.39, 0.29) is 11.5 Å². The number of nitrogen functional groups attached to an aromatic ring is 1. The molecular formula is C28H29N7O3. The Morgan fingerprint density at radius 2 is 1.58 bits per heavy atom. The van der Waals surface area contributed by atoms with Gasteiger partial charge in [0.25, 0.3) is 11.8 Å². The van der Waals surface area contributed by atoms with Gasteiger partial charge < -0.3 is 31.7 Å². The number of nitrogens with one attached hydrogen (secondary N) is 4. The van der Waals surface area contributed by atoms with E-state index in [9.17, 15) is 9.59 Å². The number of carbonyl (C=O) groups excluding carboxylic acids is 2. The number of hydrogen-bond acceptors (Lipinski definition) is 8. The number of ether oxygens (including phenoxy) is 1. The van der Waals surface area contributed by atoms with Crippen LogP contribution in [0.2, 0.25) is 0 Å². The Morgan fingerprint density at radius 3 is 2.32 bits per heavy atom. The highest BCUT2D eigenvalue weighted by molar-refractivity contribution is 6.09. The SMILES string of the molecule is CNc1nc(Nc2ccc(C)c(N)c2)ncc1C(=O)Nc1cc(NC(=O)c2ccccc2OC)ccc1C. The molecule has 1 aromatic heterocycles. The molecule has 0 spiro atoms. The van der Waals surface area contributed by atoms with Gasteiger partial charge in [-0.25, -0.2) is 4.98 Å². The molecule has 0 aliphatic heterocycles. The van der Waals surface area contributed by atoms with E-state index in [1.165, 1.54) is 13.3 Å². The maximum absolute atomic E-state index is 13.2. The minimum absolute atomic E-state index is 0.254. The average molecular weight is 512 g/mol. The van der Waals surface area contributed by atoms with Crippen LogP contribution in [-0.4, -0.2) is 35.9 Å². The van der Waals surface area contributed by atoms with E-state index in [2.05, 4.69) is 31.2 Å². The van der Waals surface area contributed by atoms with Gasteiger partial charge in [-0.3, -0.25) is 9.59 Å². The molecule has 4 aromatic rings. The van der Waals surface area contributed by atoms with Crippen molar-refractivity contribution in [3.8, 4) is 5.75 Å². The van der Waals surface area contributed by atoms with Crippen molar-refractivity contribution in [2.45, 2.75) is 13.8 Å². The zero-order chi connectivity index (χ0) is 27.2. The van der Waals surface area contributed by atoms with Crippen LogP contribution in [0.15, 0.2) is 66.9 Å². The Balaban J connectivity index is 1.51. The summed E-state index contributed by atoms with van der Waals surface area (Å²) in [5.74, 6) is 0.392. The first kappa shape index (κ1) is 26.0. The summed E-state index contributed by atoms with van der Waals surface area (Å²) in [7, 11) is 3.18. The average Bonchev–Trinajstić information content (AvgIpc) is 2.92. The number of para-hydroxylation sites is 1. The van der Waals surface area contributed by atoms with Gasteiger partial charge in [0.2, 0.25) is 5.95 Å². The van der Waals surface area contributed by atoms with Gasteiger partial charge in [0, 0.05) is 36.0 Å². The van der Waals surface area contributed by atoms with E-state index in [1.807, 2.05) is 32.0 Å². The first-order valence-corrected chi connectivity index (χ1v) is 11.8. The zero-order valence-corrected chi connectivity index (χ0v) is 21.5. The summed E-state index contributed by atoms with van der Waals surface area (Å²) in [6.45, 7) is 3.78. The number of nitrogens with two attached hydrogens (primary N) is 1. The van der Waals surface area contributed by atoms with Gasteiger partial charge >= 0.3 is 0 Å². The van der Waals surface area contributed by atoms with Crippen LogP contribution >= 0.6 is 0 Å². The number of amides is 2. The topological polar surface area (TPSA) is 143 Å². The van der Waals surface area contributed by atoms with Crippen LogP contribution in [0.25, 0.3) is 0 Å². The van der Waals surface area contributed by atoms with E-state index in [0.29, 0.717) is 40.1 Å². The molecule has 0 saturated carbocycles. The second-order valence-electron chi connectivity index (χ2n) is 8.54. The van der Waals surface area contributed by atoms with E-state index >= 15 is 0 Å². The third-order valence-corrected chi connectivity index (χ3v) is 5.90. The highest BCUT2D eigenvalue weighted by Crippen LogP contribution is 2.25. The summed E-state index contributed by atoms with van der Waals surface area (Å²) < 4.78 is 5.28. The number of aryl methyl sites for hydroxylation is 2. The Labute approximate surface area is 220 Å². The van der Waals surface area contributed by atoms with Gasteiger partial charge in [0.1, 0.15) is 17.1 Å². The van der Waals surface area contributed by atoms with Crippen LogP contribution in [-0.2, 0) is 0 Å². The van der Waals surface area contributed by atoms with Crippen LogP contribution in [0, 0.1) is 13.8 Å².